The number of hydrogen-bond acceptors (Lipinski definition) is 11. The lowest BCUT2D eigenvalue weighted by Gasteiger charge is -2.18. The summed E-state index contributed by atoms with van der Waals surface area (Å²) in [5, 5.41) is 18.1. The monoisotopic (exact) mass is 634 g/mol. The van der Waals surface area contributed by atoms with Crippen molar-refractivity contribution in [1.82, 2.24) is 9.88 Å². The van der Waals surface area contributed by atoms with E-state index >= 15 is 8.78 Å². The van der Waals surface area contributed by atoms with Crippen molar-refractivity contribution in [3.63, 3.8) is 0 Å². The molecule has 1 aliphatic heterocycles. The molecule has 0 radical (unpaired) electrons. The summed E-state index contributed by atoms with van der Waals surface area (Å²) in [4.78, 5) is 22.2. The van der Waals surface area contributed by atoms with E-state index in [1.165, 1.54) is 50.6 Å². The fourth-order valence-corrected chi connectivity index (χ4v) is 4.45. The van der Waals surface area contributed by atoms with E-state index in [1.54, 1.807) is 18.2 Å². The molecule has 1 aromatic heterocycles. The number of amidine groups is 2. The summed E-state index contributed by atoms with van der Waals surface area (Å²) < 4.78 is 59.8. The first-order valence-corrected chi connectivity index (χ1v) is 13.5. The van der Waals surface area contributed by atoms with Crippen molar-refractivity contribution in [2.75, 3.05) is 34.4 Å². The molecule has 0 atom stereocenters. The number of benzene rings is 3. The van der Waals surface area contributed by atoms with Crippen LogP contribution in [0.5, 0.6) is 52.0 Å². The first-order valence-electron chi connectivity index (χ1n) is 13.5. The molecule has 0 saturated heterocycles. The number of nitrogens with two attached hydrogens (primary N) is 2. The van der Waals surface area contributed by atoms with Gasteiger partial charge in [-0.15, -0.1) is 0 Å². The maximum Gasteiger partial charge on any atom is 0.263 e. The summed E-state index contributed by atoms with van der Waals surface area (Å²) in [6.07, 6.45) is 0. The SMILES string of the molecule is COc1cc(C(N)=O)cc(OC)c1Oc1c(F)c(Oc2cccc(C3=NCCN3C)c2)nc(Oc2cc(C(=N)N)ccc2O)c1F. The van der Waals surface area contributed by atoms with E-state index in [1.807, 2.05) is 11.9 Å². The van der Waals surface area contributed by atoms with Gasteiger partial charge in [-0.25, -0.2) is 0 Å². The Kier molecular flexibility index (Phi) is 8.75. The number of amides is 1. The number of hydrogen-bond donors (Lipinski definition) is 4. The number of phenolic OH excluding ortho intramolecular Hbond substituents is 1. The van der Waals surface area contributed by atoms with Crippen molar-refractivity contribution in [2.45, 2.75) is 0 Å². The van der Waals surface area contributed by atoms with Crippen LogP contribution in [-0.2, 0) is 0 Å². The molecule has 0 unspecified atom stereocenters. The Bertz CT molecular complexity index is 1860. The Balaban J connectivity index is 1.64. The molecule has 0 spiro atoms. The van der Waals surface area contributed by atoms with Crippen LogP contribution in [0, 0.1) is 17.0 Å². The van der Waals surface area contributed by atoms with Gasteiger partial charge in [-0.2, -0.15) is 13.8 Å². The van der Waals surface area contributed by atoms with E-state index in [4.69, 9.17) is 40.6 Å². The number of rotatable bonds is 11. The highest BCUT2D eigenvalue weighted by Crippen LogP contribution is 2.46. The number of carbonyl (C=O) groups excluding carboxylic acids is 1. The van der Waals surface area contributed by atoms with E-state index < -0.39 is 40.8 Å². The summed E-state index contributed by atoms with van der Waals surface area (Å²) >= 11 is 0. The van der Waals surface area contributed by atoms with Gasteiger partial charge in [0.15, 0.2) is 23.0 Å². The number of phenols is 1. The average Bonchev–Trinajstić information content (AvgIpc) is 3.47. The minimum Gasteiger partial charge on any atom is -0.504 e. The predicted molar refractivity (Wildman–Crippen MR) is 162 cm³/mol. The van der Waals surface area contributed by atoms with Gasteiger partial charge in [0.2, 0.25) is 29.0 Å². The third-order valence-electron chi connectivity index (χ3n) is 6.77. The highest BCUT2D eigenvalue weighted by Gasteiger charge is 2.29. The Morgan fingerprint density at radius 2 is 1.54 bits per heavy atom. The number of nitrogens with zero attached hydrogens (tertiary/aromatic N) is 3. The zero-order valence-corrected chi connectivity index (χ0v) is 24.8. The van der Waals surface area contributed by atoms with Crippen molar-refractivity contribution in [3.8, 4) is 52.0 Å². The van der Waals surface area contributed by atoms with Gasteiger partial charge in [-0.3, -0.25) is 15.2 Å². The van der Waals surface area contributed by atoms with E-state index in [9.17, 15) is 9.90 Å². The second-order valence-corrected chi connectivity index (χ2v) is 9.81. The molecule has 5 rings (SSSR count). The summed E-state index contributed by atoms with van der Waals surface area (Å²) in [7, 11) is 4.35. The molecule has 0 fully saturated rings. The lowest BCUT2D eigenvalue weighted by molar-refractivity contribution is 0.0999. The molecule has 0 saturated carbocycles. The summed E-state index contributed by atoms with van der Waals surface area (Å²) in [6, 6.07) is 12.7. The molecule has 6 N–H and O–H groups in total. The number of methoxy groups -OCH3 is 2. The van der Waals surface area contributed by atoms with Gasteiger partial charge >= 0.3 is 0 Å². The van der Waals surface area contributed by atoms with Gasteiger partial charge < -0.3 is 45.2 Å². The molecule has 13 nitrogen and oxygen atoms in total. The van der Waals surface area contributed by atoms with Gasteiger partial charge in [-0.1, -0.05) is 12.1 Å². The van der Waals surface area contributed by atoms with E-state index in [-0.39, 0.29) is 45.7 Å². The van der Waals surface area contributed by atoms with Crippen LogP contribution in [0.2, 0.25) is 0 Å². The molecular weight excluding hydrogens is 606 g/mol. The summed E-state index contributed by atoms with van der Waals surface area (Å²) in [5.41, 5.74) is 11.7. The van der Waals surface area contributed by atoms with Crippen LogP contribution in [0.1, 0.15) is 21.5 Å². The number of likely N-dealkylation sites (N-methyl/N-ethyl adjacent to an activating group) is 1. The second-order valence-electron chi connectivity index (χ2n) is 9.81. The summed E-state index contributed by atoms with van der Waals surface area (Å²) in [6.45, 7) is 1.33. The van der Waals surface area contributed by atoms with Crippen LogP contribution in [0.4, 0.5) is 8.78 Å². The first-order chi connectivity index (χ1) is 22.0. The van der Waals surface area contributed by atoms with Gasteiger partial charge in [0.25, 0.3) is 11.8 Å². The highest BCUT2D eigenvalue weighted by molar-refractivity contribution is 6.00. The maximum atomic E-state index is 16.1. The first kappa shape index (κ1) is 31.3. The number of pyridine rings is 1. The second kappa shape index (κ2) is 12.9. The molecule has 15 heteroatoms. The third kappa shape index (κ3) is 6.24. The number of nitrogen functional groups attached to an aromatic ring is 1. The van der Waals surface area contributed by atoms with Crippen LogP contribution in [0.25, 0.3) is 0 Å². The van der Waals surface area contributed by atoms with Gasteiger partial charge in [0.05, 0.1) is 20.8 Å². The molecule has 1 aliphatic rings. The molecule has 1 amide bonds. The smallest absolute Gasteiger partial charge is 0.263 e. The third-order valence-corrected chi connectivity index (χ3v) is 6.77. The number of aromatic hydroxyl groups is 1. The number of nitrogens with one attached hydrogen (secondary N) is 1. The highest BCUT2D eigenvalue weighted by atomic mass is 19.1. The van der Waals surface area contributed by atoms with Crippen LogP contribution in [-0.4, -0.2) is 66.9 Å². The number of aliphatic imine (C=N–C) groups is 1. The maximum absolute atomic E-state index is 16.1. The van der Waals surface area contributed by atoms with Gasteiger partial charge in [0, 0.05) is 30.3 Å². The molecule has 0 bridgehead atoms. The Morgan fingerprint density at radius 3 is 2.13 bits per heavy atom. The number of primary amides is 1. The number of halogens is 2. The van der Waals surface area contributed by atoms with E-state index in [2.05, 4.69) is 9.98 Å². The Morgan fingerprint density at radius 1 is 0.891 bits per heavy atom. The van der Waals surface area contributed by atoms with Gasteiger partial charge in [-0.05, 0) is 42.5 Å². The number of carbonyl (C=O) groups is 1. The quantitative estimate of drug-likeness (QED) is 0.135. The van der Waals surface area contributed by atoms with Crippen molar-refractivity contribution in [3.05, 3.63) is 82.9 Å². The van der Waals surface area contributed by atoms with Crippen molar-refractivity contribution in [1.29, 1.82) is 5.41 Å². The lowest BCUT2D eigenvalue weighted by Crippen LogP contribution is -2.23. The minimum atomic E-state index is -1.45. The fraction of sp³-hybridized carbons (Fsp3) is 0.161. The molecule has 0 aliphatic carbocycles. The van der Waals surface area contributed by atoms with Crippen molar-refractivity contribution in [2.24, 2.45) is 16.5 Å². The summed E-state index contributed by atoms with van der Waals surface area (Å²) in [5.74, 6) is -7.29. The normalized spacial score (nSPS) is 12.4. The van der Waals surface area contributed by atoms with Crippen molar-refractivity contribution < 1.29 is 42.4 Å². The standard InChI is InChI=1S/C31H28F2N6O7/c1-39-10-9-37-29(39)16-5-4-6-18(11-16)44-30-23(32)26(46-25-21(42-2)13-17(28(36)41)14-22(25)43-3)24(33)31(38-30)45-20-12-15(27(34)35)7-8-19(20)40/h4-8,11-14,40H,9-10H2,1-3H3,(H3,34,35)(H2,36,41). The van der Waals surface area contributed by atoms with Crippen LogP contribution >= 0.6 is 0 Å². The van der Waals surface area contributed by atoms with Crippen LogP contribution in [0.3, 0.4) is 0 Å². The van der Waals surface area contributed by atoms with Crippen molar-refractivity contribution >= 4 is 17.6 Å². The molecule has 3 aromatic carbocycles. The Labute approximate surface area is 261 Å². The topological polar surface area (TPSA) is 188 Å². The van der Waals surface area contributed by atoms with Crippen LogP contribution < -0.4 is 35.2 Å². The largest absolute Gasteiger partial charge is 0.504 e. The lowest BCUT2D eigenvalue weighted by atomic mass is 10.1. The number of aromatic nitrogens is 1. The van der Waals surface area contributed by atoms with Gasteiger partial charge in [0.1, 0.15) is 17.4 Å². The number of ether oxygens (including phenoxy) is 5. The van der Waals surface area contributed by atoms with E-state index in [0.29, 0.717) is 17.9 Å². The molecular formula is C31H28F2N6O7. The van der Waals surface area contributed by atoms with E-state index in [0.717, 1.165) is 6.54 Å². The molecule has 238 valence electrons. The molecule has 2 heterocycles. The van der Waals surface area contributed by atoms with Crippen LogP contribution in [0.15, 0.2) is 59.6 Å². The minimum absolute atomic E-state index is 0.0250. The zero-order valence-electron chi connectivity index (χ0n) is 24.8. The molecule has 46 heavy (non-hydrogen) atoms. The average molecular weight is 635 g/mol. The molecule has 4 aromatic rings. The zero-order chi connectivity index (χ0) is 33.1. The fourth-order valence-electron chi connectivity index (χ4n) is 4.45. The predicted octanol–water partition coefficient (Wildman–Crippen LogP) is 4.53. The Hall–Kier alpha value is -6.12.